The normalized spacial score (nSPS) is 12.3. The van der Waals surface area contributed by atoms with Crippen LogP contribution in [0.1, 0.15) is 42.5 Å². The van der Waals surface area contributed by atoms with E-state index < -0.39 is 42.4 Å². The summed E-state index contributed by atoms with van der Waals surface area (Å²) in [4.78, 5) is 56.9. The van der Waals surface area contributed by atoms with Crippen LogP contribution >= 0.6 is 0 Å². The van der Waals surface area contributed by atoms with Gasteiger partial charge in [0.1, 0.15) is 12.1 Å². The molecule has 1 aromatic carbocycles. The van der Waals surface area contributed by atoms with Crippen LogP contribution in [-0.2, 0) is 14.4 Å². The number of hydrogen-bond acceptors (Lipinski definition) is 6. The van der Waals surface area contributed by atoms with E-state index in [2.05, 4.69) is 16.0 Å². The lowest BCUT2D eigenvalue weighted by atomic mass is 10.1. The third-order valence-electron chi connectivity index (χ3n) is 4.23. The van der Waals surface area contributed by atoms with Gasteiger partial charge in [-0.25, -0.2) is 14.4 Å². The summed E-state index contributed by atoms with van der Waals surface area (Å²) >= 11 is 0. The number of benzene rings is 1. The van der Waals surface area contributed by atoms with Gasteiger partial charge >= 0.3 is 23.9 Å². The highest BCUT2D eigenvalue weighted by atomic mass is 16.4. The Balaban J connectivity index is 2.41. The smallest absolute Gasteiger partial charge is 0.326 e. The van der Waals surface area contributed by atoms with Crippen molar-refractivity contribution in [1.29, 1.82) is 0 Å². The van der Waals surface area contributed by atoms with Crippen LogP contribution < -0.4 is 21.7 Å². The van der Waals surface area contributed by atoms with E-state index in [0.717, 1.165) is 0 Å². The van der Waals surface area contributed by atoms with Crippen molar-refractivity contribution in [3.63, 3.8) is 0 Å². The maximum absolute atomic E-state index is 12.0. The van der Waals surface area contributed by atoms with Crippen LogP contribution in [-0.4, -0.2) is 63.8 Å². The number of hydrogen-bond donors (Lipinski definition) is 7. The molecule has 0 heterocycles. The molecule has 0 aliphatic rings. The number of aliphatic carboxylic acids is 3. The number of nitrogens with two attached hydrogens (primary N) is 1. The maximum atomic E-state index is 12.0. The number of carbonyl (C=O) groups is 5. The first-order valence-corrected chi connectivity index (χ1v) is 9.48. The Bertz CT molecular complexity index is 797. The topological polar surface area (TPSA) is 208 Å². The van der Waals surface area contributed by atoms with Gasteiger partial charge < -0.3 is 37.0 Å². The molecule has 0 saturated carbocycles. The molecule has 31 heavy (non-hydrogen) atoms. The van der Waals surface area contributed by atoms with Gasteiger partial charge in [0, 0.05) is 24.2 Å². The molecule has 0 aliphatic carbocycles. The lowest BCUT2D eigenvalue weighted by Gasteiger charge is -2.18. The van der Waals surface area contributed by atoms with Crippen molar-refractivity contribution in [2.45, 2.75) is 44.2 Å². The van der Waals surface area contributed by atoms with Gasteiger partial charge in [-0.1, -0.05) is 0 Å². The van der Waals surface area contributed by atoms with Gasteiger partial charge in [0.05, 0.1) is 0 Å². The Kier molecular flexibility index (Phi) is 10.3. The largest absolute Gasteiger partial charge is 0.481 e. The van der Waals surface area contributed by atoms with E-state index in [-0.39, 0.29) is 25.3 Å². The average Bonchev–Trinajstić information content (AvgIpc) is 2.69. The fourth-order valence-corrected chi connectivity index (χ4v) is 2.55. The predicted molar refractivity (Wildman–Crippen MR) is 108 cm³/mol. The maximum Gasteiger partial charge on any atom is 0.326 e. The number of anilines is 1. The number of carboxylic acids is 3. The minimum atomic E-state index is -1.46. The van der Waals surface area contributed by atoms with Crippen LogP contribution in [0, 0.1) is 0 Å². The molecule has 1 aromatic rings. The second kappa shape index (κ2) is 12.7. The van der Waals surface area contributed by atoms with Crippen LogP contribution in [0.15, 0.2) is 24.3 Å². The molecule has 0 aliphatic heterocycles. The zero-order valence-electron chi connectivity index (χ0n) is 16.7. The highest BCUT2D eigenvalue weighted by molar-refractivity contribution is 5.94. The predicted octanol–water partition coefficient (Wildman–Crippen LogP) is 0.239. The minimum absolute atomic E-state index is 0.0490. The number of unbranched alkanes of at least 4 members (excludes halogenated alkanes) is 1. The van der Waals surface area contributed by atoms with Gasteiger partial charge in [-0.05, 0) is 49.9 Å². The molecule has 170 valence electrons. The first-order chi connectivity index (χ1) is 14.6. The SMILES string of the molecule is Nc1ccc(C(=O)NCCCC[C@H](NC(=O)N[C@@H](CCC(=O)O)C(=O)O)C(=O)O)cc1. The molecule has 12 nitrogen and oxygen atoms in total. The van der Waals surface area contributed by atoms with Gasteiger partial charge in [0.2, 0.25) is 0 Å². The number of nitrogen functional groups attached to an aromatic ring is 1. The summed E-state index contributed by atoms with van der Waals surface area (Å²) in [6, 6.07) is 2.58. The van der Waals surface area contributed by atoms with Crippen LogP contribution in [0.2, 0.25) is 0 Å². The fourth-order valence-electron chi connectivity index (χ4n) is 2.55. The Hall–Kier alpha value is -3.83. The number of urea groups is 1. The summed E-state index contributed by atoms with van der Waals surface area (Å²) in [5.41, 5.74) is 6.52. The number of amides is 3. The molecule has 0 unspecified atom stereocenters. The molecule has 0 aromatic heterocycles. The van der Waals surface area contributed by atoms with Gasteiger partial charge in [0.15, 0.2) is 0 Å². The van der Waals surface area contributed by atoms with E-state index in [1.165, 1.54) is 0 Å². The van der Waals surface area contributed by atoms with Gasteiger partial charge in [0.25, 0.3) is 5.91 Å². The van der Waals surface area contributed by atoms with Crippen LogP contribution in [0.25, 0.3) is 0 Å². The second-order valence-corrected chi connectivity index (χ2v) is 6.71. The van der Waals surface area contributed by atoms with Crippen molar-refractivity contribution in [2.24, 2.45) is 0 Å². The molecule has 12 heteroatoms. The van der Waals surface area contributed by atoms with E-state index >= 15 is 0 Å². The lowest BCUT2D eigenvalue weighted by molar-refractivity contribution is -0.140. The zero-order valence-corrected chi connectivity index (χ0v) is 16.7. The Labute approximate surface area is 177 Å². The lowest BCUT2D eigenvalue weighted by Crippen LogP contribution is -2.51. The Morgan fingerprint density at radius 2 is 1.39 bits per heavy atom. The van der Waals surface area contributed by atoms with Gasteiger partial charge in [-0.15, -0.1) is 0 Å². The van der Waals surface area contributed by atoms with E-state index in [1.54, 1.807) is 24.3 Å². The first kappa shape index (κ1) is 25.2. The summed E-state index contributed by atoms with van der Waals surface area (Å²) in [5.74, 6) is -4.26. The third-order valence-corrected chi connectivity index (χ3v) is 4.23. The molecule has 0 radical (unpaired) electrons. The summed E-state index contributed by atoms with van der Waals surface area (Å²) in [7, 11) is 0. The number of nitrogens with one attached hydrogen (secondary N) is 3. The highest BCUT2D eigenvalue weighted by Crippen LogP contribution is 2.06. The fraction of sp³-hybridized carbons (Fsp3) is 0.421. The molecular weight excluding hydrogens is 412 g/mol. The molecule has 2 atom stereocenters. The number of carbonyl (C=O) groups excluding carboxylic acids is 2. The number of rotatable bonds is 13. The zero-order chi connectivity index (χ0) is 23.4. The van der Waals surface area contributed by atoms with Crippen LogP contribution in [0.3, 0.4) is 0 Å². The molecule has 0 bridgehead atoms. The minimum Gasteiger partial charge on any atom is -0.481 e. The molecule has 1 rings (SSSR count). The second-order valence-electron chi connectivity index (χ2n) is 6.71. The monoisotopic (exact) mass is 438 g/mol. The Morgan fingerprint density at radius 3 is 1.90 bits per heavy atom. The van der Waals surface area contributed by atoms with Crippen LogP contribution in [0.4, 0.5) is 10.5 Å². The summed E-state index contributed by atoms with van der Waals surface area (Å²) in [6.45, 7) is 0.290. The quantitative estimate of drug-likeness (QED) is 0.166. The van der Waals surface area contributed by atoms with E-state index in [9.17, 15) is 29.1 Å². The van der Waals surface area contributed by atoms with Crippen molar-refractivity contribution in [1.82, 2.24) is 16.0 Å². The molecule has 3 amide bonds. The van der Waals surface area contributed by atoms with Crippen molar-refractivity contribution in [2.75, 3.05) is 12.3 Å². The average molecular weight is 438 g/mol. The summed E-state index contributed by atoms with van der Waals surface area (Å²) < 4.78 is 0. The number of carboxylic acid groups (broad SMARTS) is 3. The first-order valence-electron chi connectivity index (χ1n) is 9.48. The van der Waals surface area contributed by atoms with E-state index in [0.29, 0.717) is 24.1 Å². The molecule has 0 saturated heterocycles. The summed E-state index contributed by atoms with van der Waals surface area (Å²) in [6.07, 6.45) is 0.0450. The molecule has 0 spiro atoms. The molecular formula is C19H26N4O8. The standard InChI is InChI=1S/C19H26N4O8/c20-12-6-4-11(5-7-12)16(26)21-10-2-1-3-13(17(27)28)22-19(31)23-14(18(29)30)8-9-15(24)25/h4-7,13-14H,1-3,8-10,20H2,(H,21,26)(H,24,25)(H,27,28)(H,29,30)(H2,22,23,31)/t13-,14-/m0/s1. The van der Waals surface area contributed by atoms with Crippen molar-refractivity contribution < 1.29 is 39.3 Å². The third kappa shape index (κ3) is 9.96. The van der Waals surface area contributed by atoms with Crippen LogP contribution in [0.5, 0.6) is 0 Å². The van der Waals surface area contributed by atoms with Crippen molar-refractivity contribution in [3.8, 4) is 0 Å². The van der Waals surface area contributed by atoms with E-state index in [4.69, 9.17) is 15.9 Å². The van der Waals surface area contributed by atoms with Crippen molar-refractivity contribution >= 4 is 35.5 Å². The van der Waals surface area contributed by atoms with Crippen molar-refractivity contribution in [3.05, 3.63) is 29.8 Å². The van der Waals surface area contributed by atoms with Gasteiger partial charge in [-0.2, -0.15) is 0 Å². The highest BCUT2D eigenvalue weighted by Gasteiger charge is 2.24. The molecule has 0 fully saturated rings. The van der Waals surface area contributed by atoms with Gasteiger partial charge in [-0.3, -0.25) is 9.59 Å². The summed E-state index contributed by atoms with van der Waals surface area (Å²) in [5, 5.41) is 33.8. The Morgan fingerprint density at radius 1 is 0.839 bits per heavy atom. The molecule has 8 N–H and O–H groups in total. The van der Waals surface area contributed by atoms with E-state index in [1.807, 2.05) is 0 Å².